The minimum atomic E-state index is -2.31. The van der Waals surface area contributed by atoms with Gasteiger partial charge in [0.15, 0.2) is 0 Å². The van der Waals surface area contributed by atoms with Gasteiger partial charge in [-0.15, -0.1) is 0 Å². The van der Waals surface area contributed by atoms with E-state index >= 15 is 0 Å². The van der Waals surface area contributed by atoms with Gasteiger partial charge < -0.3 is 142 Å². The van der Waals surface area contributed by atoms with Crippen LogP contribution in [0.2, 0.25) is 0 Å². The fourth-order valence-corrected chi connectivity index (χ4v) is 2.65. The molecule has 0 rings (SSSR count). The van der Waals surface area contributed by atoms with Crippen molar-refractivity contribution in [1.29, 1.82) is 0 Å². The summed E-state index contributed by atoms with van der Waals surface area (Å²) in [5, 5.41) is 214. The maximum absolute atomic E-state index is 9.98. The van der Waals surface area contributed by atoms with Gasteiger partial charge >= 0.3 is 57.2 Å². The van der Waals surface area contributed by atoms with Crippen LogP contribution in [0.15, 0.2) is 0 Å². The average Bonchev–Trinajstić information content (AvgIpc) is 3.12. The predicted molar refractivity (Wildman–Crippen MR) is 150 cm³/mol. The first-order chi connectivity index (χ1) is 23.7. The summed E-state index contributed by atoms with van der Waals surface area (Å²) in [5.74, 6) is -7.90. The first-order valence-electron chi connectivity index (χ1n) is 13.8. The zero-order valence-corrected chi connectivity index (χ0v) is 32.9. The molecule has 0 bridgehead atoms. The molecule has 0 aliphatic carbocycles. The second-order valence-electron chi connectivity index (χ2n) is 9.98. The third kappa shape index (κ3) is 25.3. The van der Waals surface area contributed by atoms with Crippen LogP contribution in [0.25, 0.3) is 0 Å². The van der Waals surface area contributed by atoms with Gasteiger partial charge in [-0.3, -0.25) is 0 Å². The van der Waals surface area contributed by atoms with Crippen LogP contribution in [0.1, 0.15) is 0 Å². The van der Waals surface area contributed by atoms with Crippen molar-refractivity contribution < 1.29 is 161 Å². The van der Waals surface area contributed by atoms with Crippen molar-refractivity contribution in [3.05, 3.63) is 0 Å². The van der Waals surface area contributed by atoms with Gasteiger partial charge in [0.05, 0.1) is 50.3 Å². The van der Waals surface area contributed by atoms with Gasteiger partial charge in [0.2, 0.25) is 0 Å². The summed E-state index contributed by atoms with van der Waals surface area (Å²) in [6.07, 6.45) is -32.3. The third-order valence-electron chi connectivity index (χ3n) is 5.98. The molecule has 30 heteroatoms. The molecule has 16 unspecified atom stereocenters. The standard InChI is InChI=1S/4C6H12O7.Ca.Zn/c4*7-1-2(8)3(9)4(10)5(11)6(12)13;;/h4*2-5,7-11H,1H2,(H,12,13);;/q;;;;2*+2/p-4. The quantitative estimate of drug-likeness (QED) is 0.0505. The van der Waals surface area contributed by atoms with E-state index in [0.29, 0.717) is 0 Å². The Morgan fingerprint density at radius 1 is 0.315 bits per heavy atom. The fraction of sp³-hybridized carbons (Fsp3) is 0.833. The van der Waals surface area contributed by atoms with Crippen LogP contribution in [0, 0.1) is 0 Å². The van der Waals surface area contributed by atoms with E-state index in [0.717, 1.165) is 0 Å². The van der Waals surface area contributed by atoms with Crippen molar-refractivity contribution in [1.82, 2.24) is 0 Å². The Bertz CT molecular complexity index is 848. The second kappa shape index (κ2) is 34.0. The van der Waals surface area contributed by atoms with E-state index in [4.69, 9.17) is 102 Å². The Balaban J connectivity index is -0.000000140. The topological polar surface area (TPSA) is 565 Å². The van der Waals surface area contributed by atoms with E-state index in [-0.39, 0.29) is 57.2 Å². The van der Waals surface area contributed by atoms with E-state index in [1.165, 1.54) is 0 Å². The molecule has 0 spiro atoms. The summed E-state index contributed by atoms with van der Waals surface area (Å²) < 4.78 is 0. The largest absolute Gasteiger partial charge is 2.00 e. The van der Waals surface area contributed by atoms with Crippen molar-refractivity contribution >= 4 is 61.6 Å². The van der Waals surface area contributed by atoms with E-state index in [2.05, 4.69) is 0 Å². The molecule has 0 saturated heterocycles. The summed E-state index contributed by atoms with van der Waals surface area (Å²) in [4.78, 5) is 39.9. The van der Waals surface area contributed by atoms with Gasteiger partial charge in [0.25, 0.3) is 0 Å². The number of rotatable bonds is 20. The number of hydrogen-bond donors (Lipinski definition) is 20. The van der Waals surface area contributed by atoms with Gasteiger partial charge in [0.1, 0.15) is 97.7 Å². The van der Waals surface area contributed by atoms with Crippen LogP contribution in [0.4, 0.5) is 0 Å². The Labute approximate surface area is 345 Å². The molecule has 0 heterocycles. The van der Waals surface area contributed by atoms with Crippen molar-refractivity contribution in [3.63, 3.8) is 0 Å². The monoisotopic (exact) mass is 884 g/mol. The van der Waals surface area contributed by atoms with E-state index in [1.54, 1.807) is 0 Å². The number of aliphatic carboxylic acids is 4. The normalized spacial score (nSPS) is 19.6. The van der Waals surface area contributed by atoms with Gasteiger partial charge in [-0.05, 0) is 0 Å². The molecule has 0 aliphatic heterocycles. The number of carbonyl (C=O) groups is 4. The molecule has 20 N–H and O–H groups in total. The van der Waals surface area contributed by atoms with Crippen LogP contribution in [0.5, 0.6) is 0 Å². The Morgan fingerprint density at radius 2 is 0.426 bits per heavy atom. The smallest absolute Gasteiger partial charge is 0.547 e. The summed E-state index contributed by atoms with van der Waals surface area (Å²) in [7, 11) is 0. The molecule has 0 aliphatic rings. The Morgan fingerprint density at radius 3 is 0.500 bits per heavy atom. The average molecular weight is 886 g/mol. The molecule has 0 aromatic carbocycles. The molecule has 0 aromatic rings. The van der Waals surface area contributed by atoms with Crippen molar-refractivity contribution in [2.75, 3.05) is 26.4 Å². The molecular formula is C24H44CaO28Zn. The van der Waals surface area contributed by atoms with E-state index < -0.39 is 148 Å². The van der Waals surface area contributed by atoms with Crippen LogP contribution < -0.4 is 20.4 Å². The SMILES string of the molecule is O=C([O-])C(O)C(O)C(O)C(O)CO.O=C([O-])C(O)C(O)C(O)C(O)CO.O=C([O-])C(O)C(O)C(O)C(O)CO.O=C([O-])C(O)C(O)C(O)C(O)CO.[Ca+2].[Zn+2]. The van der Waals surface area contributed by atoms with Crippen molar-refractivity contribution in [2.45, 2.75) is 97.7 Å². The molecule has 0 saturated carbocycles. The molecule has 0 amide bonds. The van der Waals surface area contributed by atoms with E-state index in [9.17, 15) is 39.6 Å². The minimum Gasteiger partial charge on any atom is -0.547 e. The molecule has 0 radical (unpaired) electrons. The van der Waals surface area contributed by atoms with Gasteiger partial charge in [-0.25, -0.2) is 0 Å². The second-order valence-corrected chi connectivity index (χ2v) is 9.98. The Hall–Kier alpha value is -1.04. The summed E-state index contributed by atoms with van der Waals surface area (Å²) in [6, 6.07) is 0. The summed E-state index contributed by atoms with van der Waals surface area (Å²) >= 11 is 0. The Kier molecular flexibility index (Phi) is 40.9. The van der Waals surface area contributed by atoms with E-state index in [1.807, 2.05) is 0 Å². The molecule has 0 fully saturated rings. The summed E-state index contributed by atoms with van der Waals surface area (Å²) in [5.41, 5.74) is 0. The molecular weight excluding hydrogens is 842 g/mol. The third-order valence-corrected chi connectivity index (χ3v) is 5.98. The number of aliphatic hydroxyl groups excluding tert-OH is 20. The maximum Gasteiger partial charge on any atom is 2.00 e. The molecule has 0 aromatic heterocycles. The molecule has 16 atom stereocenters. The maximum atomic E-state index is 9.98. The van der Waals surface area contributed by atoms with Crippen LogP contribution in [0.3, 0.4) is 0 Å². The van der Waals surface area contributed by atoms with Crippen molar-refractivity contribution in [2.24, 2.45) is 0 Å². The van der Waals surface area contributed by atoms with Gasteiger partial charge in [-0.1, -0.05) is 0 Å². The number of hydrogen-bond acceptors (Lipinski definition) is 28. The first kappa shape index (κ1) is 64.8. The van der Waals surface area contributed by atoms with Gasteiger partial charge in [0, 0.05) is 0 Å². The first-order valence-corrected chi connectivity index (χ1v) is 13.8. The number of aliphatic hydroxyl groups is 20. The minimum absolute atomic E-state index is 0. The number of carboxylic acid groups (broad SMARTS) is 4. The molecule has 54 heavy (non-hydrogen) atoms. The number of carboxylic acids is 4. The van der Waals surface area contributed by atoms with Crippen LogP contribution >= 0.6 is 0 Å². The van der Waals surface area contributed by atoms with Crippen molar-refractivity contribution in [3.8, 4) is 0 Å². The summed E-state index contributed by atoms with van der Waals surface area (Å²) in [6.45, 7) is -3.45. The molecule has 28 nitrogen and oxygen atoms in total. The zero-order valence-electron chi connectivity index (χ0n) is 27.7. The predicted octanol–water partition coefficient (Wildman–Crippen LogP) is -19.7. The number of carbonyl (C=O) groups excluding carboxylic acids is 4. The van der Waals surface area contributed by atoms with Crippen LogP contribution in [-0.2, 0) is 38.7 Å². The van der Waals surface area contributed by atoms with Gasteiger partial charge in [-0.2, -0.15) is 0 Å². The zero-order chi connectivity index (χ0) is 42.4. The molecule has 312 valence electrons. The fourth-order valence-electron chi connectivity index (χ4n) is 2.65. The van der Waals surface area contributed by atoms with Crippen LogP contribution in [-0.4, -0.2) is 288 Å².